The van der Waals surface area contributed by atoms with Gasteiger partial charge in [0.2, 0.25) is 0 Å². The molecule has 2 rings (SSSR count). The first-order valence-corrected chi connectivity index (χ1v) is 7.51. The van der Waals surface area contributed by atoms with Gasteiger partial charge in [0.1, 0.15) is 0 Å². The first-order chi connectivity index (χ1) is 11.7. The zero-order chi connectivity index (χ0) is 17.4. The molecule has 2 aromatic rings. The molecule has 1 unspecified atom stereocenters. The molecule has 0 spiro atoms. The molecule has 0 fully saturated rings. The maximum atomic E-state index is 12.4. The molecule has 7 nitrogen and oxygen atoms in total. The van der Waals surface area contributed by atoms with Crippen LogP contribution in [0.15, 0.2) is 59.2 Å². The Kier molecular flexibility index (Phi) is 6.13. The molecular formula is C17H19N5O2. The summed E-state index contributed by atoms with van der Waals surface area (Å²) in [4.78, 5) is 24.9. The molecule has 1 N–H and O–H groups in total. The van der Waals surface area contributed by atoms with Crippen molar-refractivity contribution in [2.24, 2.45) is 0 Å². The second-order valence-electron chi connectivity index (χ2n) is 4.86. The topological polar surface area (TPSA) is 93.8 Å². The number of amides is 1. The SMILES string of the molecule is C\C=C/C=C\C(=C/C)C(=O)NC(C)c1nccnc1-c1ncno1. The van der Waals surface area contributed by atoms with Crippen LogP contribution in [0.3, 0.4) is 0 Å². The van der Waals surface area contributed by atoms with Crippen LogP contribution in [-0.2, 0) is 4.79 Å². The van der Waals surface area contributed by atoms with Crippen LogP contribution in [0.4, 0.5) is 0 Å². The van der Waals surface area contributed by atoms with Crippen molar-refractivity contribution < 1.29 is 9.32 Å². The Balaban J connectivity index is 2.18. The van der Waals surface area contributed by atoms with Gasteiger partial charge in [-0.15, -0.1) is 0 Å². The van der Waals surface area contributed by atoms with Gasteiger partial charge in [-0.05, 0) is 26.8 Å². The quantitative estimate of drug-likeness (QED) is 0.648. The summed E-state index contributed by atoms with van der Waals surface area (Å²) < 4.78 is 5.04. The first-order valence-electron chi connectivity index (χ1n) is 7.51. The van der Waals surface area contributed by atoms with E-state index in [1.807, 2.05) is 39.0 Å². The molecule has 0 radical (unpaired) electrons. The number of nitrogens with zero attached hydrogens (tertiary/aromatic N) is 4. The van der Waals surface area contributed by atoms with E-state index < -0.39 is 0 Å². The van der Waals surface area contributed by atoms with Crippen molar-refractivity contribution in [2.75, 3.05) is 0 Å². The predicted octanol–water partition coefficient (Wildman–Crippen LogP) is 2.78. The monoisotopic (exact) mass is 325 g/mol. The fourth-order valence-electron chi connectivity index (χ4n) is 2.03. The van der Waals surface area contributed by atoms with Crippen LogP contribution in [0.5, 0.6) is 0 Å². The van der Waals surface area contributed by atoms with Gasteiger partial charge in [0.25, 0.3) is 11.8 Å². The Morgan fingerprint density at radius 3 is 2.67 bits per heavy atom. The third-order valence-corrected chi connectivity index (χ3v) is 3.20. The summed E-state index contributed by atoms with van der Waals surface area (Å²) in [5.74, 6) is 0.0614. The van der Waals surface area contributed by atoms with Crippen molar-refractivity contribution >= 4 is 5.91 Å². The average Bonchev–Trinajstić information content (AvgIpc) is 3.13. The average molecular weight is 325 g/mol. The van der Waals surface area contributed by atoms with E-state index >= 15 is 0 Å². The molecule has 2 heterocycles. The number of hydrogen-bond acceptors (Lipinski definition) is 6. The standard InChI is InChI=1S/C17H19N5O2/c1-4-6-7-8-13(5-2)16(23)22-12(3)14-15(19-10-9-18-14)17-20-11-21-24-17/h4-12H,1-3H3,(H,22,23)/b6-4-,8-7-,13-5+. The Labute approximate surface area is 140 Å². The van der Waals surface area contributed by atoms with Gasteiger partial charge in [-0.2, -0.15) is 4.98 Å². The minimum atomic E-state index is -0.377. The number of carbonyl (C=O) groups is 1. The number of allylic oxidation sites excluding steroid dienone is 4. The summed E-state index contributed by atoms with van der Waals surface area (Å²) in [7, 11) is 0. The van der Waals surface area contributed by atoms with Crippen molar-refractivity contribution in [2.45, 2.75) is 26.8 Å². The van der Waals surface area contributed by atoms with Crippen molar-refractivity contribution in [3.63, 3.8) is 0 Å². The van der Waals surface area contributed by atoms with E-state index in [4.69, 9.17) is 4.52 Å². The summed E-state index contributed by atoms with van der Waals surface area (Å²) in [6.45, 7) is 5.55. The molecule has 24 heavy (non-hydrogen) atoms. The lowest BCUT2D eigenvalue weighted by molar-refractivity contribution is -0.117. The lowest BCUT2D eigenvalue weighted by Crippen LogP contribution is -2.28. The number of nitrogens with one attached hydrogen (secondary N) is 1. The highest BCUT2D eigenvalue weighted by Crippen LogP contribution is 2.22. The second kappa shape index (κ2) is 8.52. The third kappa shape index (κ3) is 4.22. The molecule has 0 saturated heterocycles. The van der Waals surface area contributed by atoms with Gasteiger partial charge in [-0.3, -0.25) is 9.78 Å². The van der Waals surface area contributed by atoms with E-state index in [1.54, 1.807) is 18.3 Å². The van der Waals surface area contributed by atoms with Gasteiger partial charge in [-0.1, -0.05) is 29.5 Å². The summed E-state index contributed by atoms with van der Waals surface area (Å²) in [6.07, 6.45) is 13.4. The van der Waals surface area contributed by atoms with Crippen molar-refractivity contribution in [3.05, 3.63) is 60.4 Å². The predicted molar refractivity (Wildman–Crippen MR) is 89.6 cm³/mol. The molecule has 2 aromatic heterocycles. The zero-order valence-corrected chi connectivity index (χ0v) is 13.8. The number of aromatic nitrogens is 4. The Morgan fingerprint density at radius 1 is 1.21 bits per heavy atom. The Morgan fingerprint density at radius 2 is 2.00 bits per heavy atom. The number of rotatable bonds is 6. The summed E-state index contributed by atoms with van der Waals surface area (Å²) in [5, 5.41) is 6.48. The maximum Gasteiger partial charge on any atom is 0.278 e. The van der Waals surface area contributed by atoms with Crippen LogP contribution in [0.1, 0.15) is 32.5 Å². The van der Waals surface area contributed by atoms with Gasteiger partial charge in [0.05, 0.1) is 11.7 Å². The molecule has 124 valence electrons. The van der Waals surface area contributed by atoms with E-state index in [1.165, 1.54) is 12.5 Å². The lowest BCUT2D eigenvalue weighted by atomic mass is 10.1. The molecule has 0 aromatic carbocycles. The van der Waals surface area contributed by atoms with Gasteiger partial charge in [0, 0.05) is 18.0 Å². The van der Waals surface area contributed by atoms with Gasteiger partial charge >= 0.3 is 0 Å². The van der Waals surface area contributed by atoms with Crippen LogP contribution in [0.2, 0.25) is 0 Å². The van der Waals surface area contributed by atoms with E-state index in [0.717, 1.165) is 0 Å². The van der Waals surface area contributed by atoms with Crippen molar-refractivity contribution in [1.29, 1.82) is 0 Å². The van der Waals surface area contributed by atoms with Gasteiger partial charge in [-0.25, -0.2) is 4.98 Å². The minimum absolute atomic E-state index is 0.201. The van der Waals surface area contributed by atoms with Crippen LogP contribution in [0.25, 0.3) is 11.6 Å². The summed E-state index contributed by atoms with van der Waals surface area (Å²) in [6, 6.07) is -0.377. The highest BCUT2D eigenvalue weighted by molar-refractivity contribution is 5.96. The number of carbonyl (C=O) groups excluding carboxylic acids is 1. The first kappa shape index (κ1) is 17.3. The fraction of sp³-hybridized carbons (Fsp3) is 0.235. The molecule has 0 bridgehead atoms. The minimum Gasteiger partial charge on any atom is -0.344 e. The van der Waals surface area contributed by atoms with Crippen molar-refractivity contribution in [3.8, 4) is 11.6 Å². The maximum absolute atomic E-state index is 12.4. The Bertz CT molecular complexity index is 763. The van der Waals surface area contributed by atoms with Crippen LogP contribution in [0, 0.1) is 0 Å². The van der Waals surface area contributed by atoms with Crippen molar-refractivity contribution in [1.82, 2.24) is 25.4 Å². The van der Waals surface area contributed by atoms with Gasteiger partial charge < -0.3 is 9.84 Å². The van der Waals surface area contributed by atoms with Crippen LogP contribution in [-0.4, -0.2) is 26.0 Å². The van der Waals surface area contributed by atoms with E-state index in [0.29, 0.717) is 17.0 Å². The largest absolute Gasteiger partial charge is 0.344 e. The third-order valence-electron chi connectivity index (χ3n) is 3.20. The molecule has 0 saturated carbocycles. The normalized spacial score (nSPS) is 13.5. The fourth-order valence-corrected chi connectivity index (χ4v) is 2.03. The highest BCUT2D eigenvalue weighted by atomic mass is 16.5. The summed E-state index contributed by atoms with van der Waals surface area (Å²) >= 11 is 0. The van der Waals surface area contributed by atoms with E-state index in [2.05, 4.69) is 25.4 Å². The molecular weight excluding hydrogens is 306 g/mol. The molecule has 7 heteroatoms. The lowest BCUT2D eigenvalue weighted by Gasteiger charge is -2.15. The number of hydrogen-bond donors (Lipinski definition) is 1. The molecule has 0 aliphatic carbocycles. The smallest absolute Gasteiger partial charge is 0.278 e. The second-order valence-corrected chi connectivity index (χ2v) is 4.86. The highest BCUT2D eigenvalue weighted by Gasteiger charge is 2.20. The van der Waals surface area contributed by atoms with E-state index in [-0.39, 0.29) is 17.8 Å². The van der Waals surface area contributed by atoms with Gasteiger partial charge in [0.15, 0.2) is 12.0 Å². The molecule has 1 amide bonds. The summed E-state index contributed by atoms with van der Waals surface area (Å²) in [5.41, 5.74) is 1.57. The van der Waals surface area contributed by atoms with Crippen LogP contribution < -0.4 is 5.32 Å². The molecule has 1 atom stereocenters. The van der Waals surface area contributed by atoms with E-state index in [9.17, 15) is 4.79 Å². The van der Waals surface area contributed by atoms with Crippen LogP contribution >= 0.6 is 0 Å². The Hall–Kier alpha value is -3.09. The zero-order valence-electron chi connectivity index (χ0n) is 13.8. The molecule has 0 aliphatic heterocycles. The molecule has 0 aliphatic rings.